The highest BCUT2D eigenvalue weighted by Gasteiger charge is 2.23. The molecule has 1 saturated heterocycles. The van der Waals surface area contributed by atoms with Gasteiger partial charge in [-0.15, -0.1) is 0 Å². The van der Waals surface area contributed by atoms with Crippen molar-refractivity contribution in [2.24, 2.45) is 0 Å². The van der Waals surface area contributed by atoms with Crippen LogP contribution in [0.1, 0.15) is 29.6 Å². The molecule has 1 amide bonds. The molecule has 22 heavy (non-hydrogen) atoms. The van der Waals surface area contributed by atoms with Gasteiger partial charge in [0.1, 0.15) is 5.69 Å². The molecule has 0 aromatic heterocycles. The van der Waals surface area contributed by atoms with E-state index >= 15 is 0 Å². The van der Waals surface area contributed by atoms with Crippen molar-refractivity contribution in [3.8, 4) is 0 Å². The SMILES string of the molecule is CNCCCNC(=O)c1ccc(N2CCCC2)c([N+](=O)[O-])c1. The van der Waals surface area contributed by atoms with Crippen LogP contribution < -0.4 is 15.5 Å². The van der Waals surface area contributed by atoms with Gasteiger partial charge in [-0.25, -0.2) is 0 Å². The normalized spacial score (nSPS) is 14.1. The summed E-state index contributed by atoms with van der Waals surface area (Å²) in [6, 6.07) is 4.72. The summed E-state index contributed by atoms with van der Waals surface area (Å²) in [6.07, 6.45) is 2.91. The van der Waals surface area contributed by atoms with Crippen LogP contribution in [0.25, 0.3) is 0 Å². The lowest BCUT2D eigenvalue weighted by molar-refractivity contribution is -0.384. The Morgan fingerprint density at radius 3 is 2.68 bits per heavy atom. The van der Waals surface area contributed by atoms with Gasteiger partial charge in [0.05, 0.1) is 4.92 Å². The molecule has 0 spiro atoms. The Kier molecular flexibility index (Phi) is 5.71. The van der Waals surface area contributed by atoms with Crippen LogP contribution in [0, 0.1) is 10.1 Å². The van der Waals surface area contributed by atoms with Crippen molar-refractivity contribution in [2.45, 2.75) is 19.3 Å². The number of rotatable bonds is 7. The van der Waals surface area contributed by atoms with Gasteiger partial charge in [0.15, 0.2) is 0 Å². The third kappa shape index (κ3) is 3.94. The first-order valence-corrected chi connectivity index (χ1v) is 7.59. The molecule has 7 heteroatoms. The van der Waals surface area contributed by atoms with Crippen molar-refractivity contribution in [3.05, 3.63) is 33.9 Å². The van der Waals surface area contributed by atoms with Gasteiger partial charge in [-0.05, 0) is 45.0 Å². The Balaban J connectivity index is 2.11. The first-order valence-electron chi connectivity index (χ1n) is 7.59. The number of nitrogens with zero attached hydrogens (tertiary/aromatic N) is 2. The summed E-state index contributed by atoms with van der Waals surface area (Å²) in [5.74, 6) is -0.271. The van der Waals surface area contributed by atoms with Gasteiger partial charge in [0.2, 0.25) is 0 Å². The van der Waals surface area contributed by atoms with Crippen LogP contribution in [0.3, 0.4) is 0 Å². The van der Waals surface area contributed by atoms with Crippen LogP contribution in [0.4, 0.5) is 11.4 Å². The summed E-state index contributed by atoms with van der Waals surface area (Å²) in [7, 11) is 1.85. The van der Waals surface area contributed by atoms with Crippen molar-refractivity contribution < 1.29 is 9.72 Å². The first-order chi connectivity index (χ1) is 10.6. The van der Waals surface area contributed by atoms with Crippen LogP contribution in [-0.4, -0.2) is 44.1 Å². The van der Waals surface area contributed by atoms with E-state index in [2.05, 4.69) is 10.6 Å². The molecule has 2 rings (SSSR count). The van der Waals surface area contributed by atoms with Gasteiger partial charge in [-0.2, -0.15) is 0 Å². The van der Waals surface area contributed by atoms with Gasteiger partial charge in [0.25, 0.3) is 11.6 Å². The Morgan fingerprint density at radius 1 is 1.32 bits per heavy atom. The Labute approximate surface area is 129 Å². The number of carbonyl (C=O) groups excluding carboxylic acids is 1. The molecular formula is C15H22N4O3. The maximum absolute atomic E-state index is 12.0. The zero-order chi connectivity index (χ0) is 15.9. The van der Waals surface area contributed by atoms with Gasteiger partial charge >= 0.3 is 0 Å². The predicted molar refractivity (Wildman–Crippen MR) is 85.4 cm³/mol. The zero-order valence-corrected chi connectivity index (χ0v) is 12.8. The molecule has 0 radical (unpaired) electrons. The predicted octanol–water partition coefficient (Wildman–Crippen LogP) is 1.53. The largest absolute Gasteiger partial charge is 0.366 e. The van der Waals surface area contributed by atoms with Gasteiger partial charge in [-0.3, -0.25) is 14.9 Å². The van der Waals surface area contributed by atoms with Crippen molar-refractivity contribution in [3.63, 3.8) is 0 Å². The zero-order valence-electron chi connectivity index (χ0n) is 12.8. The quantitative estimate of drug-likeness (QED) is 0.453. The van der Waals surface area contributed by atoms with Gasteiger partial charge in [0, 0.05) is 31.3 Å². The number of hydrogen-bond donors (Lipinski definition) is 2. The second-order valence-corrected chi connectivity index (χ2v) is 5.37. The van der Waals surface area contributed by atoms with Crippen LogP contribution in [0.5, 0.6) is 0 Å². The molecule has 1 heterocycles. The fourth-order valence-corrected chi connectivity index (χ4v) is 2.61. The number of anilines is 1. The summed E-state index contributed by atoms with van der Waals surface area (Å²) in [4.78, 5) is 24.9. The average Bonchev–Trinajstić information content (AvgIpc) is 3.05. The standard InChI is InChI=1S/C15H22N4O3/c1-16-7-4-8-17-15(20)12-5-6-13(14(11-12)19(21)22)18-9-2-3-10-18/h5-6,11,16H,2-4,7-10H2,1H3,(H,17,20). The molecule has 0 saturated carbocycles. The van der Waals surface area contributed by atoms with Crippen LogP contribution in [0.2, 0.25) is 0 Å². The van der Waals surface area contributed by atoms with E-state index in [0.717, 1.165) is 38.9 Å². The number of nitro benzene ring substituents is 1. The number of carbonyl (C=O) groups is 1. The molecule has 0 aliphatic carbocycles. The molecule has 0 bridgehead atoms. The van der Waals surface area contributed by atoms with E-state index in [9.17, 15) is 14.9 Å². The Bertz CT molecular complexity index is 542. The monoisotopic (exact) mass is 306 g/mol. The minimum absolute atomic E-state index is 0.00442. The molecule has 1 aromatic carbocycles. The molecule has 1 aliphatic heterocycles. The van der Waals surface area contributed by atoms with Crippen molar-refractivity contribution in [1.29, 1.82) is 0 Å². The molecule has 0 unspecified atom stereocenters. The lowest BCUT2D eigenvalue weighted by atomic mass is 10.1. The summed E-state index contributed by atoms with van der Waals surface area (Å²) >= 11 is 0. The van der Waals surface area contributed by atoms with Crippen molar-refractivity contribution in [2.75, 3.05) is 38.1 Å². The van der Waals surface area contributed by atoms with E-state index in [4.69, 9.17) is 0 Å². The highest BCUT2D eigenvalue weighted by atomic mass is 16.6. The van der Waals surface area contributed by atoms with Crippen molar-refractivity contribution >= 4 is 17.3 Å². The van der Waals surface area contributed by atoms with E-state index < -0.39 is 4.92 Å². The maximum Gasteiger partial charge on any atom is 0.293 e. The minimum atomic E-state index is -0.411. The summed E-state index contributed by atoms with van der Waals surface area (Å²) in [6.45, 7) is 3.02. The number of benzene rings is 1. The van der Waals surface area contributed by atoms with Crippen LogP contribution >= 0.6 is 0 Å². The molecule has 120 valence electrons. The fraction of sp³-hybridized carbons (Fsp3) is 0.533. The number of nitrogens with one attached hydrogen (secondary N) is 2. The fourth-order valence-electron chi connectivity index (χ4n) is 2.61. The van der Waals surface area contributed by atoms with Crippen molar-refractivity contribution in [1.82, 2.24) is 10.6 Å². The molecule has 1 aliphatic rings. The van der Waals surface area contributed by atoms with Gasteiger partial charge < -0.3 is 15.5 Å². The number of nitro groups is 1. The minimum Gasteiger partial charge on any atom is -0.366 e. The third-order valence-electron chi connectivity index (χ3n) is 3.77. The molecule has 0 atom stereocenters. The van der Waals surface area contributed by atoms with Crippen LogP contribution in [-0.2, 0) is 0 Å². The molecule has 7 nitrogen and oxygen atoms in total. The maximum atomic E-state index is 12.0. The lowest BCUT2D eigenvalue weighted by Crippen LogP contribution is -2.27. The van der Waals surface area contributed by atoms with Crippen LogP contribution in [0.15, 0.2) is 18.2 Å². The highest BCUT2D eigenvalue weighted by Crippen LogP contribution is 2.31. The Morgan fingerprint density at radius 2 is 2.05 bits per heavy atom. The highest BCUT2D eigenvalue weighted by molar-refractivity contribution is 5.95. The second-order valence-electron chi connectivity index (χ2n) is 5.37. The lowest BCUT2D eigenvalue weighted by Gasteiger charge is -2.17. The summed E-state index contributed by atoms with van der Waals surface area (Å²) in [5.41, 5.74) is 0.943. The number of hydrogen-bond acceptors (Lipinski definition) is 5. The first kappa shape index (κ1) is 16.2. The Hall–Kier alpha value is -2.15. The molecule has 2 N–H and O–H groups in total. The average molecular weight is 306 g/mol. The molecule has 1 fully saturated rings. The molecular weight excluding hydrogens is 284 g/mol. The van der Waals surface area contributed by atoms with E-state index in [1.165, 1.54) is 6.07 Å². The molecule has 1 aromatic rings. The topological polar surface area (TPSA) is 87.5 Å². The van der Waals surface area contributed by atoms with E-state index in [0.29, 0.717) is 17.8 Å². The smallest absolute Gasteiger partial charge is 0.293 e. The third-order valence-corrected chi connectivity index (χ3v) is 3.77. The van der Waals surface area contributed by atoms with E-state index in [1.54, 1.807) is 12.1 Å². The van der Waals surface area contributed by atoms with Gasteiger partial charge in [-0.1, -0.05) is 0 Å². The summed E-state index contributed by atoms with van der Waals surface area (Å²) in [5, 5.41) is 17.1. The van der Waals surface area contributed by atoms with E-state index in [-0.39, 0.29) is 11.6 Å². The summed E-state index contributed by atoms with van der Waals surface area (Å²) < 4.78 is 0. The van der Waals surface area contributed by atoms with E-state index in [1.807, 2.05) is 11.9 Å². The second kappa shape index (κ2) is 7.74. The number of amides is 1.